The largest absolute Gasteiger partial charge is 0.489 e. The van der Waals surface area contributed by atoms with E-state index in [0.29, 0.717) is 30.4 Å². The third-order valence-electron chi connectivity index (χ3n) is 4.24. The summed E-state index contributed by atoms with van der Waals surface area (Å²) in [7, 11) is 0. The zero-order valence-corrected chi connectivity index (χ0v) is 15.3. The third-order valence-corrected chi connectivity index (χ3v) is 4.24. The summed E-state index contributed by atoms with van der Waals surface area (Å²) >= 11 is 0. The van der Waals surface area contributed by atoms with E-state index >= 15 is 0 Å². The van der Waals surface area contributed by atoms with Crippen LogP contribution in [-0.2, 0) is 0 Å². The van der Waals surface area contributed by atoms with Crippen molar-refractivity contribution in [3.63, 3.8) is 0 Å². The number of anilines is 1. The van der Waals surface area contributed by atoms with Gasteiger partial charge in [0.1, 0.15) is 11.5 Å². The quantitative estimate of drug-likeness (QED) is 0.854. The molecule has 0 bridgehead atoms. The Morgan fingerprint density at radius 3 is 2.44 bits per heavy atom. The standard InChI is InChI=1S/C19H25N3O3/c1-13(2)24-17-8-6-5-7-16(17)21-9-11-22(12-10-21)19(23)18-14(3)25-15(4)20-18/h5-8,13H,9-12H2,1-4H3. The molecule has 0 aliphatic carbocycles. The molecule has 0 saturated carbocycles. The van der Waals surface area contributed by atoms with E-state index < -0.39 is 0 Å². The van der Waals surface area contributed by atoms with Crippen LogP contribution in [0.1, 0.15) is 36.0 Å². The maximum atomic E-state index is 12.6. The second kappa shape index (κ2) is 7.17. The molecule has 6 nitrogen and oxygen atoms in total. The zero-order chi connectivity index (χ0) is 18.0. The van der Waals surface area contributed by atoms with E-state index in [2.05, 4.69) is 16.0 Å². The van der Waals surface area contributed by atoms with Crippen molar-refractivity contribution in [3.8, 4) is 5.75 Å². The van der Waals surface area contributed by atoms with Gasteiger partial charge < -0.3 is 19.0 Å². The summed E-state index contributed by atoms with van der Waals surface area (Å²) < 4.78 is 11.3. The summed E-state index contributed by atoms with van der Waals surface area (Å²) in [5, 5.41) is 0. The van der Waals surface area contributed by atoms with E-state index in [0.717, 1.165) is 24.5 Å². The lowest BCUT2D eigenvalue weighted by molar-refractivity contribution is 0.0739. The molecule has 0 spiro atoms. The number of hydrogen-bond donors (Lipinski definition) is 0. The number of benzene rings is 1. The van der Waals surface area contributed by atoms with E-state index in [1.807, 2.05) is 36.9 Å². The maximum absolute atomic E-state index is 12.6. The van der Waals surface area contributed by atoms with Gasteiger partial charge in [0.25, 0.3) is 5.91 Å². The summed E-state index contributed by atoms with van der Waals surface area (Å²) in [5.74, 6) is 1.95. The van der Waals surface area contributed by atoms with Gasteiger partial charge in [-0.3, -0.25) is 4.79 Å². The molecule has 1 aromatic heterocycles. The molecule has 0 N–H and O–H groups in total. The molecule has 1 saturated heterocycles. The van der Waals surface area contributed by atoms with E-state index in [-0.39, 0.29) is 12.0 Å². The van der Waals surface area contributed by atoms with E-state index in [4.69, 9.17) is 9.15 Å². The Labute approximate surface area is 148 Å². The van der Waals surface area contributed by atoms with Gasteiger partial charge in [-0.25, -0.2) is 4.98 Å². The van der Waals surface area contributed by atoms with Crippen molar-refractivity contribution in [2.24, 2.45) is 0 Å². The molecule has 3 rings (SSSR count). The van der Waals surface area contributed by atoms with Crippen molar-refractivity contribution in [2.75, 3.05) is 31.1 Å². The molecule has 134 valence electrons. The molecule has 1 aliphatic rings. The van der Waals surface area contributed by atoms with Crippen molar-refractivity contribution < 1.29 is 13.9 Å². The molecule has 25 heavy (non-hydrogen) atoms. The molecule has 0 atom stereocenters. The topological polar surface area (TPSA) is 58.8 Å². The van der Waals surface area contributed by atoms with Crippen molar-refractivity contribution in [3.05, 3.63) is 41.6 Å². The number of ether oxygens (including phenoxy) is 1. The minimum absolute atomic E-state index is 0.0549. The second-order valence-corrected chi connectivity index (χ2v) is 6.55. The first-order valence-electron chi connectivity index (χ1n) is 8.69. The Balaban J connectivity index is 1.68. The minimum Gasteiger partial charge on any atom is -0.489 e. The molecular weight excluding hydrogens is 318 g/mol. The number of hydrogen-bond acceptors (Lipinski definition) is 5. The van der Waals surface area contributed by atoms with Gasteiger partial charge >= 0.3 is 0 Å². The molecule has 1 fully saturated rings. The minimum atomic E-state index is -0.0549. The first-order chi connectivity index (χ1) is 12.0. The number of rotatable bonds is 4. The van der Waals surface area contributed by atoms with E-state index in [1.165, 1.54) is 0 Å². The van der Waals surface area contributed by atoms with Crippen LogP contribution in [0.5, 0.6) is 5.75 Å². The highest BCUT2D eigenvalue weighted by Gasteiger charge is 2.27. The molecule has 0 radical (unpaired) electrons. The smallest absolute Gasteiger partial charge is 0.276 e. The highest BCUT2D eigenvalue weighted by Crippen LogP contribution is 2.29. The summed E-state index contributed by atoms with van der Waals surface area (Å²) in [5.41, 5.74) is 1.51. The lowest BCUT2D eigenvalue weighted by Crippen LogP contribution is -2.49. The monoisotopic (exact) mass is 343 g/mol. The number of para-hydroxylation sites is 2. The number of carbonyl (C=O) groups excluding carboxylic acids is 1. The Bertz CT molecular complexity index is 746. The van der Waals surface area contributed by atoms with Gasteiger partial charge in [-0.15, -0.1) is 0 Å². The van der Waals surface area contributed by atoms with Gasteiger partial charge in [-0.05, 0) is 32.9 Å². The average molecular weight is 343 g/mol. The van der Waals surface area contributed by atoms with Gasteiger partial charge in [0.05, 0.1) is 11.8 Å². The Hall–Kier alpha value is -2.50. The summed E-state index contributed by atoms with van der Waals surface area (Å²) in [6.45, 7) is 10.4. The lowest BCUT2D eigenvalue weighted by Gasteiger charge is -2.36. The summed E-state index contributed by atoms with van der Waals surface area (Å²) in [4.78, 5) is 21.0. The second-order valence-electron chi connectivity index (χ2n) is 6.55. The number of nitrogens with zero attached hydrogens (tertiary/aromatic N) is 3. The molecule has 2 aromatic rings. The van der Waals surface area contributed by atoms with Gasteiger partial charge in [0.2, 0.25) is 0 Å². The summed E-state index contributed by atoms with van der Waals surface area (Å²) in [6.07, 6.45) is 0.127. The van der Waals surface area contributed by atoms with Crippen LogP contribution in [0.4, 0.5) is 5.69 Å². The zero-order valence-electron chi connectivity index (χ0n) is 15.3. The molecule has 1 amide bonds. The molecule has 1 aliphatic heterocycles. The van der Waals surface area contributed by atoms with Crippen molar-refractivity contribution in [1.29, 1.82) is 0 Å². The van der Waals surface area contributed by atoms with Crippen LogP contribution in [0.2, 0.25) is 0 Å². The van der Waals surface area contributed by atoms with Gasteiger partial charge in [0, 0.05) is 33.1 Å². The molecular formula is C19H25N3O3. The number of aryl methyl sites for hydroxylation is 2. The van der Waals surface area contributed by atoms with Crippen LogP contribution < -0.4 is 9.64 Å². The molecule has 6 heteroatoms. The van der Waals surface area contributed by atoms with E-state index in [1.54, 1.807) is 13.8 Å². The fraction of sp³-hybridized carbons (Fsp3) is 0.474. The number of amides is 1. The molecule has 1 aromatic carbocycles. The van der Waals surface area contributed by atoms with Crippen molar-refractivity contribution in [1.82, 2.24) is 9.88 Å². The normalized spacial score (nSPS) is 14.9. The fourth-order valence-electron chi connectivity index (χ4n) is 3.10. The van der Waals surface area contributed by atoms with Crippen LogP contribution in [0, 0.1) is 13.8 Å². The van der Waals surface area contributed by atoms with Crippen LogP contribution >= 0.6 is 0 Å². The number of carbonyl (C=O) groups is 1. The van der Waals surface area contributed by atoms with Crippen LogP contribution in [0.25, 0.3) is 0 Å². The molecule has 0 unspecified atom stereocenters. The predicted molar refractivity (Wildman–Crippen MR) is 96.3 cm³/mol. The van der Waals surface area contributed by atoms with E-state index in [9.17, 15) is 4.79 Å². The molecule has 2 heterocycles. The Morgan fingerprint density at radius 1 is 1.16 bits per heavy atom. The van der Waals surface area contributed by atoms with Crippen LogP contribution in [0.15, 0.2) is 28.7 Å². The highest BCUT2D eigenvalue weighted by atomic mass is 16.5. The average Bonchev–Trinajstić information content (AvgIpc) is 2.93. The van der Waals surface area contributed by atoms with Crippen LogP contribution in [0.3, 0.4) is 0 Å². The predicted octanol–water partition coefficient (Wildman–Crippen LogP) is 3.04. The Kier molecular flexibility index (Phi) is 4.97. The number of aromatic nitrogens is 1. The SMILES string of the molecule is Cc1nc(C(=O)N2CCN(c3ccccc3OC(C)C)CC2)c(C)o1. The maximum Gasteiger partial charge on any atom is 0.276 e. The first-order valence-corrected chi connectivity index (χ1v) is 8.69. The summed E-state index contributed by atoms with van der Waals surface area (Å²) in [6, 6.07) is 8.06. The highest BCUT2D eigenvalue weighted by molar-refractivity contribution is 5.93. The first kappa shape index (κ1) is 17.3. The number of piperazine rings is 1. The van der Waals surface area contributed by atoms with Crippen LogP contribution in [-0.4, -0.2) is 48.1 Å². The van der Waals surface area contributed by atoms with Gasteiger partial charge in [0.15, 0.2) is 11.6 Å². The van der Waals surface area contributed by atoms with Crippen molar-refractivity contribution >= 4 is 11.6 Å². The Morgan fingerprint density at radius 2 is 1.84 bits per heavy atom. The third kappa shape index (κ3) is 3.78. The fourth-order valence-corrected chi connectivity index (χ4v) is 3.10. The van der Waals surface area contributed by atoms with Gasteiger partial charge in [-0.2, -0.15) is 0 Å². The lowest BCUT2D eigenvalue weighted by atomic mass is 10.2. The van der Waals surface area contributed by atoms with Crippen molar-refractivity contribution in [2.45, 2.75) is 33.8 Å². The van der Waals surface area contributed by atoms with Gasteiger partial charge in [-0.1, -0.05) is 12.1 Å². The number of oxazole rings is 1.